The molecule has 0 atom stereocenters. The van der Waals surface area contributed by atoms with Crippen molar-refractivity contribution in [3.63, 3.8) is 0 Å². The van der Waals surface area contributed by atoms with Gasteiger partial charge in [0.1, 0.15) is 11.5 Å². The van der Waals surface area contributed by atoms with Crippen LogP contribution in [0.15, 0.2) is 42.5 Å². The summed E-state index contributed by atoms with van der Waals surface area (Å²) in [5.41, 5.74) is 5.32. The summed E-state index contributed by atoms with van der Waals surface area (Å²) in [5.74, 6) is -0.00792. The van der Waals surface area contributed by atoms with Gasteiger partial charge < -0.3 is 9.47 Å². The first-order valence-corrected chi connectivity index (χ1v) is 7.00. The molecular formula is C16H15ClN2O4. The maximum atomic E-state index is 12.1. The highest BCUT2D eigenvalue weighted by Gasteiger charge is 2.11. The number of amides is 2. The van der Waals surface area contributed by atoms with E-state index in [1.165, 1.54) is 26.4 Å². The fourth-order valence-corrected chi connectivity index (χ4v) is 1.92. The van der Waals surface area contributed by atoms with E-state index in [2.05, 4.69) is 10.9 Å². The molecule has 2 amide bonds. The fraction of sp³-hybridized carbons (Fsp3) is 0.125. The van der Waals surface area contributed by atoms with Crippen LogP contribution in [0.3, 0.4) is 0 Å². The highest BCUT2D eigenvalue weighted by Crippen LogP contribution is 2.22. The van der Waals surface area contributed by atoms with Crippen molar-refractivity contribution in [1.82, 2.24) is 10.9 Å². The van der Waals surface area contributed by atoms with Gasteiger partial charge in [0.2, 0.25) is 0 Å². The van der Waals surface area contributed by atoms with Crippen molar-refractivity contribution < 1.29 is 19.1 Å². The van der Waals surface area contributed by atoms with Gasteiger partial charge in [-0.2, -0.15) is 0 Å². The number of halogens is 1. The van der Waals surface area contributed by atoms with Crippen LogP contribution in [0.4, 0.5) is 0 Å². The van der Waals surface area contributed by atoms with Crippen LogP contribution in [-0.4, -0.2) is 26.0 Å². The van der Waals surface area contributed by atoms with Crippen LogP contribution in [0.2, 0.25) is 5.02 Å². The lowest BCUT2D eigenvalue weighted by molar-refractivity contribution is 0.0846. The monoisotopic (exact) mass is 334 g/mol. The van der Waals surface area contributed by atoms with Crippen molar-refractivity contribution in [3.8, 4) is 11.5 Å². The summed E-state index contributed by atoms with van der Waals surface area (Å²) >= 11 is 5.76. The summed E-state index contributed by atoms with van der Waals surface area (Å²) in [5, 5.41) is 0.522. The first-order valence-electron chi connectivity index (χ1n) is 6.63. The zero-order valence-corrected chi connectivity index (χ0v) is 13.3. The third-order valence-electron chi connectivity index (χ3n) is 3.01. The van der Waals surface area contributed by atoms with Gasteiger partial charge in [-0.15, -0.1) is 0 Å². The van der Waals surface area contributed by atoms with Crippen LogP contribution < -0.4 is 20.3 Å². The molecule has 0 aliphatic carbocycles. The second-order valence-electron chi connectivity index (χ2n) is 4.52. The number of hydrazine groups is 1. The van der Waals surface area contributed by atoms with Crippen molar-refractivity contribution in [2.75, 3.05) is 14.2 Å². The molecule has 23 heavy (non-hydrogen) atoms. The molecule has 0 spiro atoms. The molecule has 0 radical (unpaired) electrons. The van der Waals surface area contributed by atoms with Gasteiger partial charge in [0.15, 0.2) is 0 Å². The van der Waals surface area contributed by atoms with Gasteiger partial charge in [0, 0.05) is 22.2 Å². The first kappa shape index (κ1) is 16.6. The average molecular weight is 335 g/mol. The molecule has 2 N–H and O–H groups in total. The van der Waals surface area contributed by atoms with E-state index in [9.17, 15) is 9.59 Å². The van der Waals surface area contributed by atoms with Crippen LogP contribution in [0, 0.1) is 0 Å². The van der Waals surface area contributed by atoms with E-state index in [-0.39, 0.29) is 5.56 Å². The number of carbonyl (C=O) groups is 2. The van der Waals surface area contributed by atoms with E-state index < -0.39 is 11.8 Å². The summed E-state index contributed by atoms with van der Waals surface area (Å²) in [7, 11) is 2.97. The zero-order valence-electron chi connectivity index (χ0n) is 12.6. The minimum Gasteiger partial charge on any atom is -0.497 e. The molecule has 2 aromatic carbocycles. The van der Waals surface area contributed by atoms with Crippen molar-refractivity contribution in [2.45, 2.75) is 0 Å². The van der Waals surface area contributed by atoms with Crippen LogP contribution in [0.25, 0.3) is 0 Å². The van der Waals surface area contributed by atoms with Crippen LogP contribution >= 0.6 is 11.6 Å². The van der Waals surface area contributed by atoms with Gasteiger partial charge >= 0.3 is 0 Å². The molecule has 2 rings (SSSR count). The molecule has 0 aromatic heterocycles. The summed E-state index contributed by atoms with van der Waals surface area (Å²) in [6.07, 6.45) is 0. The third-order valence-corrected chi connectivity index (χ3v) is 3.26. The molecule has 6 nitrogen and oxygen atoms in total. The summed E-state index contributed by atoms with van der Waals surface area (Å²) in [6, 6.07) is 11.0. The summed E-state index contributed by atoms with van der Waals surface area (Å²) in [4.78, 5) is 24.0. The number of hydrogen-bond acceptors (Lipinski definition) is 4. The van der Waals surface area contributed by atoms with Gasteiger partial charge in [-0.1, -0.05) is 11.6 Å². The third kappa shape index (κ3) is 4.37. The largest absolute Gasteiger partial charge is 0.497 e. The molecule has 2 aromatic rings. The van der Waals surface area contributed by atoms with Crippen molar-refractivity contribution in [2.24, 2.45) is 0 Å². The molecule has 0 bridgehead atoms. The maximum Gasteiger partial charge on any atom is 0.269 e. The number of nitrogens with one attached hydrogen (secondary N) is 2. The predicted molar refractivity (Wildman–Crippen MR) is 85.9 cm³/mol. The summed E-state index contributed by atoms with van der Waals surface area (Å²) < 4.78 is 10.2. The van der Waals surface area contributed by atoms with E-state index in [0.717, 1.165) is 0 Å². The van der Waals surface area contributed by atoms with Crippen LogP contribution in [0.1, 0.15) is 20.7 Å². The Labute approximate surface area is 138 Å². The zero-order chi connectivity index (χ0) is 16.8. The smallest absolute Gasteiger partial charge is 0.269 e. The van der Waals surface area contributed by atoms with E-state index >= 15 is 0 Å². The lowest BCUT2D eigenvalue weighted by Gasteiger charge is -2.10. The molecule has 0 aliphatic heterocycles. The minimum absolute atomic E-state index is 0.289. The van der Waals surface area contributed by atoms with Gasteiger partial charge in [-0.05, 0) is 36.4 Å². The van der Waals surface area contributed by atoms with E-state index in [1.807, 2.05) is 0 Å². The molecule has 0 saturated carbocycles. The van der Waals surface area contributed by atoms with E-state index in [4.69, 9.17) is 21.1 Å². The molecule has 0 aliphatic rings. The number of benzene rings is 2. The highest BCUT2D eigenvalue weighted by molar-refractivity contribution is 6.30. The lowest BCUT2D eigenvalue weighted by Crippen LogP contribution is -2.41. The molecule has 120 valence electrons. The molecule has 7 heteroatoms. The Morgan fingerprint density at radius 3 is 1.78 bits per heavy atom. The Hall–Kier alpha value is -2.73. The second-order valence-corrected chi connectivity index (χ2v) is 4.95. The second kappa shape index (κ2) is 7.51. The molecular weight excluding hydrogens is 320 g/mol. The fourth-order valence-electron chi connectivity index (χ4n) is 1.80. The van der Waals surface area contributed by atoms with Gasteiger partial charge in [-0.25, -0.2) is 0 Å². The Morgan fingerprint density at radius 1 is 0.826 bits per heavy atom. The maximum absolute atomic E-state index is 12.1. The topological polar surface area (TPSA) is 76.7 Å². The predicted octanol–water partition coefficient (Wildman–Crippen LogP) is 2.43. The average Bonchev–Trinajstić information content (AvgIpc) is 2.59. The van der Waals surface area contributed by atoms with Gasteiger partial charge in [0.05, 0.1) is 14.2 Å². The van der Waals surface area contributed by atoms with Crippen molar-refractivity contribution in [1.29, 1.82) is 0 Å². The molecule has 0 unspecified atom stereocenters. The molecule has 0 fully saturated rings. The van der Waals surface area contributed by atoms with E-state index in [0.29, 0.717) is 22.1 Å². The lowest BCUT2D eigenvalue weighted by atomic mass is 10.2. The highest BCUT2D eigenvalue weighted by atomic mass is 35.5. The Bertz CT molecular complexity index is 694. The SMILES string of the molecule is COc1cc(OC)cc(C(=O)NNC(=O)c2ccc(Cl)cc2)c1. The standard InChI is InChI=1S/C16H15ClN2O4/c1-22-13-7-11(8-14(9-13)23-2)16(21)19-18-15(20)10-3-5-12(17)6-4-10/h3-9H,1-2H3,(H,18,20)(H,19,21). The molecule has 0 heterocycles. The van der Waals surface area contributed by atoms with E-state index in [1.54, 1.807) is 30.3 Å². The number of rotatable bonds is 4. The first-order chi connectivity index (χ1) is 11.0. The number of carbonyl (C=O) groups excluding carboxylic acids is 2. The normalized spacial score (nSPS) is 9.87. The number of hydrogen-bond donors (Lipinski definition) is 2. The number of ether oxygens (including phenoxy) is 2. The van der Waals surface area contributed by atoms with Crippen LogP contribution in [-0.2, 0) is 0 Å². The summed E-state index contributed by atoms with van der Waals surface area (Å²) in [6.45, 7) is 0. The minimum atomic E-state index is -0.496. The Balaban J connectivity index is 2.04. The Kier molecular flexibility index (Phi) is 5.43. The quantitative estimate of drug-likeness (QED) is 0.842. The Morgan fingerprint density at radius 2 is 1.30 bits per heavy atom. The van der Waals surface area contributed by atoms with Crippen LogP contribution in [0.5, 0.6) is 11.5 Å². The van der Waals surface area contributed by atoms with Crippen molar-refractivity contribution >= 4 is 23.4 Å². The van der Waals surface area contributed by atoms with Gasteiger partial charge in [0.25, 0.3) is 11.8 Å². The van der Waals surface area contributed by atoms with Crippen molar-refractivity contribution in [3.05, 3.63) is 58.6 Å². The van der Waals surface area contributed by atoms with Gasteiger partial charge in [-0.3, -0.25) is 20.4 Å². The number of methoxy groups -OCH3 is 2. The molecule has 0 saturated heterocycles.